The van der Waals surface area contributed by atoms with Gasteiger partial charge in [-0.25, -0.2) is 15.8 Å². The summed E-state index contributed by atoms with van der Waals surface area (Å²) in [5, 5.41) is 2.77. The highest BCUT2D eigenvalue weighted by Gasteiger charge is 2.07. The molecule has 3 rings (SSSR count). The molecule has 0 aliphatic heterocycles. The van der Waals surface area contributed by atoms with Crippen LogP contribution in [0.4, 0.5) is 5.82 Å². The minimum atomic E-state index is 0.667. The molecule has 2 aromatic heterocycles. The average Bonchev–Trinajstić information content (AvgIpc) is 2.92. The molecule has 0 aliphatic carbocycles. The van der Waals surface area contributed by atoms with Crippen molar-refractivity contribution in [3.8, 4) is 10.6 Å². The van der Waals surface area contributed by atoms with Crippen LogP contribution in [0, 0.1) is 6.92 Å². The lowest BCUT2D eigenvalue weighted by atomic mass is 10.2. The van der Waals surface area contributed by atoms with Gasteiger partial charge >= 0.3 is 0 Å². The van der Waals surface area contributed by atoms with Crippen molar-refractivity contribution >= 4 is 28.3 Å². The molecule has 6 heteroatoms. The lowest BCUT2D eigenvalue weighted by Gasteiger charge is -1.95. The van der Waals surface area contributed by atoms with Gasteiger partial charge in [0.25, 0.3) is 0 Å². The molecule has 0 spiro atoms. The highest BCUT2D eigenvalue weighted by molar-refractivity contribution is 7.13. The first-order valence-electron chi connectivity index (χ1n) is 5.06. The number of hydrazine groups is 1. The zero-order valence-corrected chi connectivity index (χ0v) is 9.91. The molecule has 0 fully saturated rings. The number of rotatable bonds is 2. The van der Waals surface area contributed by atoms with Crippen LogP contribution in [-0.2, 0) is 0 Å². The molecule has 0 amide bonds. The Balaban J connectivity index is 2.10. The third-order valence-corrected chi connectivity index (χ3v) is 3.28. The monoisotopic (exact) mass is 246 g/mol. The molecule has 86 valence electrons. The summed E-state index contributed by atoms with van der Waals surface area (Å²) >= 11 is 1.53. The van der Waals surface area contributed by atoms with Gasteiger partial charge in [0.15, 0.2) is 17.3 Å². The van der Waals surface area contributed by atoms with Crippen LogP contribution in [-0.4, -0.2) is 9.97 Å². The van der Waals surface area contributed by atoms with Crippen molar-refractivity contribution in [2.24, 2.45) is 5.84 Å². The van der Waals surface area contributed by atoms with Gasteiger partial charge < -0.3 is 9.84 Å². The van der Waals surface area contributed by atoms with E-state index in [2.05, 4.69) is 15.4 Å². The minimum absolute atomic E-state index is 0.667. The molecule has 3 N–H and O–H groups in total. The third-order valence-electron chi connectivity index (χ3n) is 2.39. The quantitative estimate of drug-likeness (QED) is 0.536. The summed E-state index contributed by atoms with van der Waals surface area (Å²) in [6.07, 6.45) is 0. The van der Waals surface area contributed by atoms with Crippen molar-refractivity contribution in [3.63, 3.8) is 0 Å². The largest absolute Gasteiger partial charge is 0.441 e. The summed E-state index contributed by atoms with van der Waals surface area (Å²) in [7, 11) is 0. The second-order valence-corrected chi connectivity index (χ2v) is 4.46. The second kappa shape index (κ2) is 3.83. The Morgan fingerprint density at radius 1 is 1.35 bits per heavy atom. The van der Waals surface area contributed by atoms with Crippen LogP contribution in [0.15, 0.2) is 28.0 Å². The summed E-state index contributed by atoms with van der Waals surface area (Å²) in [5.41, 5.74) is 5.17. The average molecular weight is 246 g/mol. The zero-order chi connectivity index (χ0) is 11.8. The fourth-order valence-corrected chi connectivity index (χ4v) is 2.41. The highest BCUT2D eigenvalue weighted by atomic mass is 32.1. The molecule has 0 radical (unpaired) electrons. The second-order valence-electron chi connectivity index (χ2n) is 3.60. The van der Waals surface area contributed by atoms with Crippen LogP contribution < -0.4 is 11.3 Å². The van der Waals surface area contributed by atoms with Gasteiger partial charge in [0, 0.05) is 17.9 Å². The number of nitrogen functional groups attached to an aromatic ring is 1. The van der Waals surface area contributed by atoms with Crippen molar-refractivity contribution in [1.29, 1.82) is 0 Å². The van der Waals surface area contributed by atoms with E-state index in [1.165, 1.54) is 11.3 Å². The molecule has 0 unspecified atom stereocenters. The number of anilines is 1. The van der Waals surface area contributed by atoms with Crippen LogP contribution >= 0.6 is 11.3 Å². The van der Waals surface area contributed by atoms with Crippen molar-refractivity contribution < 1.29 is 4.42 Å². The van der Waals surface area contributed by atoms with E-state index in [1.54, 1.807) is 0 Å². The number of nitrogens with two attached hydrogens (primary N) is 1. The summed E-state index contributed by atoms with van der Waals surface area (Å²) in [4.78, 5) is 8.63. The van der Waals surface area contributed by atoms with Crippen molar-refractivity contribution in [1.82, 2.24) is 9.97 Å². The third kappa shape index (κ3) is 1.77. The molecule has 0 saturated carbocycles. The van der Waals surface area contributed by atoms with E-state index in [9.17, 15) is 0 Å². The van der Waals surface area contributed by atoms with Crippen LogP contribution in [0.5, 0.6) is 0 Å². The fourth-order valence-electron chi connectivity index (χ4n) is 1.65. The Morgan fingerprint density at radius 3 is 3.00 bits per heavy atom. The molecule has 0 saturated heterocycles. The first kappa shape index (κ1) is 10.2. The minimum Gasteiger partial charge on any atom is -0.441 e. The molecule has 5 nitrogen and oxygen atoms in total. The van der Waals surface area contributed by atoms with Crippen molar-refractivity contribution in [2.45, 2.75) is 6.92 Å². The number of aromatic nitrogens is 2. The molecule has 0 bridgehead atoms. The number of fused-ring (bicyclic) bond motifs is 1. The van der Waals surface area contributed by atoms with E-state index in [1.807, 2.05) is 30.5 Å². The number of nitrogens with zero attached hydrogens (tertiary/aromatic N) is 2. The molecule has 17 heavy (non-hydrogen) atoms. The number of hydrogen-bond donors (Lipinski definition) is 2. The Kier molecular flexibility index (Phi) is 2.31. The molecule has 0 atom stereocenters. The van der Waals surface area contributed by atoms with Crippen molar-refractivity contribution in [2.75, 3.05) is 5.43 Å². The predicted octanol–water partition coefficient (Wildman–Crippen LogP) is 2.55. The Labute approximate surface area is 101 Å². The lowest BCUT2D eigenvalue weighted by Crippen LogP contribution is -2.06. The number of nitrogens with one attached hydrogen (secondary N) is 1. The van der Waals surface area contributed by atoms with Gasteiger partial charge in [-0.3, -0.25) is 0 Å². The van der Waals surface area contributed by atoms with Gasteiger partial charge in [-0.15, -0.1) is 11.3 Å². The van der Waals surface area contributed by atoms with Crippen LogP contribution in [0.1, 0.15) is 5.89 Å². The predicted molar refractivity (Wildman–Crippen MR) is 67.7 cm³/mol. The van der Waals surface area contributed by atoms with Gasteiger partial charge in [0.05, 0.1) is 0 Å². The standard InChI is InChI=1S/C11H10N4OS/c1-6-13-8-4-7(2-3-9(8)16-6)11-14-10(15-12)5-17-11/h2-5,15H,12H2,1H3. The fraction of sp³-hybridized carbons (Fsp3) is 0.0909. The van der Waals surface area contributed by atoms with Crippen LogP contribution in [0.25, 0.3) is 21.7 Å². The first-order chi connectivity index (χ1) is 8.26. The number of aryl methyl sites for hydroxylation is 1. The molecular formula is C11H10N4OS. The summed E-state index contributed by atoms with van der Waals surface area (Å²) in [6.45, 7) is 1.83. The summed E-state index contributed by atoms with van der Waals surface area (Å²) < 4.78 is 5.42. The normalized spacial score (nSPS) is 10.9. The summed E-state index contributed by atoms with van der Waals surface area (Å²) in [5.74, 6) is 6.64. The molecule has 2 heterocycles. The van der Waals surface area contributed by atoms with Gasteiger partial charge in [0.2, 0.25) is 0 Å². The zero-order valence-electron chi connectivity index (χ0n) is 9.10. The number of thiazole rings is 1. The first-order valence-corrected chi connectivity index (χ1v) is 5.94. The number of hydrogen-bond acceptors (Lipinski definition) is 6. The van der Waals surface area contributed by atoms with E-state index < -0.39 is 0 Å². The molecule has 0 aliphatic rings. The topological polar surface area (TPSA) is 77.0 Å². The van der Waals surface area contributed by atoms with E-state index in [-0.39, 0.29) is 0 Å². The van der Waals surface area contributed by atoms with Gasteiger partial charge in [0.1, 0.15) is 10.5 Å². The van der Waals surface area contributed by atoms with Crippen LogP contribution in [0.3, 0.4) is 0 Å². The molecule has 3 aromatic rings. The van der Waals surface area contributed by atoms with E-state index >= 15 is 0 Å². The van der Waals surface area contributed by atoms with E-state index in [4.69, 9.17) is 10.3 Å². The summed E-state index contributed by atoms with van der Waals surface area (Å²) in [6, 6.07) is 5.83. The Bertz CT molecular complexity index is 673. The molecular weight excluding hydrogens is 236 g/mol. The van der Waals surface area contributed by atoms with Crippen LogP contribution in [0.2, 0.25) is 0 Å². The Morgan fingerprint density at radius 2 is 2.24 bits per heavy atom. The van der Waals surface area contributed by atoms with Gasteiger partial charge in [-0.1, -0.05) is 0 Å². The van der Waals surface area contributed by atoms with E-state index in [0.717, 1.165) is 21.7 Å². The number of oxazole rings is 1. The maximum absolute atomic E-state index is 5.42. The molecule has 1 aromatic carbocycles. The Hall–Kier alpha value is -1.92. The number of benzene rings is 1. The van der Waals surface area contributed by atoms with E-state index in [0.29, 0.717) is 11.7 Å². The maximum atomic E-state index is 5.42. The van der Waals surface area contributed by atoms with Gasteiger partial charge in [-0.2, -0.15) is 0 Å². The van der Waals surface area contributed by atoms with Gasteiger partial charge in [-0.05, 0) is 18.2 Å². The smallest absolute Gasteiger partial charge is 0.192 e. The van der Waals surface area contributed by atoms with Crippen molar-refractivity contribution in [3.05, 3.63) is 29.5 Å². The SMILES string of the molecule is Cc1nc2cc(-c3nc(NN)cs3)ccc2o1. The lowest BCUT2D eigenvalue weighted by molar-refractivity contribution is 0.561. The highest BCUT2D eigenvalue weighted by Crippen LogP contribution is 2.28. The maximum Gasteiger partial charge on any atom is 0.192 e.